The molecule has 1 aromatic carbocycles. The third kappa shape index (κ3) is 2.67. The van der Waals surface area contributed by atoms with Crippen LogP contribution in [0, 0.1) is 0 Å². The van der Waals surface area contributed by atoms with E-state index < -0.39 is 6.10 Å². The number of rotatable bonds is 3. The maximum Gasteiger partial charge on any atom is 0.0923 e. The van der Waals surface area contributed by atoms with Crippen LogP contribution in [0.4, 0.5) is 0 Å². The summed E-state index contributed by atoms with van der Waals surface area (Å²) in [6.45, 7) is 0. The van der Waals surface area contributed by atoms with Crippen LogP contribution >= 0.6 is 45.9 Å². The molecule has 0 fully saturated rings. The summed E-state index contributed by atoms with van der Waals surface area (Å²) >= 11 is 15.4. The highest BCUT2D eigenvalue weighted by molar-refractivity contribution is 7.26. The molecule has 0 radical (unpaired) electrons. The van der Waals surface area contributed by atoms with Crippen LogP contribution in [0.15, 0.2) is 35.7 Å². The molecule has 19 heavy (non-hydrogen) atoms. The van der Waals surface area contributed by atoms with E-state index in [-0.39, 0.29) is 0 Å². The first-order valence-corrected chi connectivity index (χ1v) is 8.18. The van der Waals surface area contributed by atoms with Gasteiger partial charge in [0.1, 0.15) is 0 Å². The Balaban J connectivity index is 1.86. The maximum absolute atomic E-state index is 10.3. The van der Waals surface area contributed by atoms with Crippen molar-refractivity contribution in [2.45, 2.75) is 12.5 Å². The van der Waals surface area contributed by atoms with Crippen molar-refractivity contribution < 1.29 is 5.11 Å². The summed E-state index contributed by atoms with van der Waals surface area (Å²) in [5, 5.41) is 13.4. The predicted octanol–water partition coefficient (Wildman–Crippen LogP) is 5.55. The fourth-order valence-corrected chi connectivity index (χ4v) is 4.47. The second-order valence-electron chi connectivity index (χ2n) is 4.23. The summed E-state index contributed by atoms with van der Waals surface area (Å²) in [6, 6.07) is 9.62. The lowest BCUT2D eigenvalue weighted by Crippen LogP contribution is -2.00. The third-order valence-electron chi connectivity index (χ3n) is 2.93. The summed E-state index contributed by atoms with van der Waals surface area (Å²) in [4.78, 5) is 0.970. The van der Waals surface area contributed by atoms with E-state index >= 15 is 0 Å². The van der Waals surface area contributed by atoms with E-state index in [1.165, 1.54) is 9.40 Å². The van der Waals surface area contributed by atoms with Crippen molar-refractivity contribution in [3.8, 4) is 0 Å². The summed E-state index contributed by atoms with van der Waals surface area (Å²) in [5.74, 6) is 0. The van der Waals surface area contributed by atoms with Gasteiger partial charge in [0, 0.05) is 20.7 Å². The van der Waals surface area contributed by atoms with E-state index in [4.69, 9.17) is 23.2 Å². The SMILES string of the molecule is OC(Cc1cccc(Cl)c1Cl)c1cc2sccc2s1. The Kier molecular flexibility index (Phi) is 3.83. The van der Waals surface area contributed by atoms with Crippen molar-refractivity contribution in [3.63, 3.8) is 0 Å². The topological polar surface area (TPSA) is 20.2 Å². The minimum atomic E-state index is -0.541. The second kappa shape index (κ2) is 5.43. The Morgan fingerprint density at radius 3 is 2.79 bits per heavy atom. The van der Waals surface area contributed by atoms with Gasteiger partial charge < -0.3 is 5.11 Å². The predicted molar refractivity (Wildman–Crippen MR) is 84.8 cm³/mol. The average molecular weight is 329 g/mol. The van der Waals surface area contributed by atoms with E-state index in [1.54, 1.807) is 28.7 Å². The van der Waals surface area contributed by atoms with Gasteiger partial charge in [-0.2, -0.15) is 0 Å². The first kappa shape index (κ1) is 13.4. The van der Waals surface area contributed by atoms with Crippen LogP contribution in [0.2, 0.25) is 10.0 Å². The number of aliphatic hydroxyl groups excluding tert-OH is 1. The summed E-state index contributed by atoms with van der Waals surface area (Å²) in [7, 11) is 0. The highest BCUT2D eigenvalue weighted by Crippen LogP contribution is 2.36. The van der Waals surface area contributed by atoms with Gasteiger partial charge in [-0.1, -0.05) is 35.3 Å². The number of hydrogen-bond acceptors (Lipinski definition) is 3. The highest BCUT2D eigenvalue weighted by Gasteiger charge is 2.15. The molecule has 1 unspecified atom stereocenters. The van der Waals surface area contributed by atoms with Gasteiger partial charge in [0.05, 0.1) is 16.1 Å². The second-order valence-corrected chi connectivity index (χ2v) is 7.08. The fraction of sp³-hybridized carbons (Fsp3) is 0.143. The summed E-state index contributed by atoms with van der Waals surface area (Å²) in [6.07, 6.45) is -0.0618. The van der Waals surface area contributed by atoms with Gasteiger partial charge in [-0.25, -0.2) is 0 Å². The van der Waals surface area contributed by atoms with Gasteiger partial charge in [0.2, 0.25) is 0 Å². The smallest absolute Gasteiger partial charge is 0.0923 e. The zero-order valence-electron chi connectivity index (χ0n) is 9.77. The lowest BCUT2D eigenvalue weighted by atomic mass is 10.1. The highest BCUT2D eigenvalue weighted by atomic mass is 35.5. The third-order valence-corrected chi connectivity index (χ3v) is 5.98. The van der Waals surface area contributed by atoms with Crippen LogP contribution in [0.25, 0.3) is 9.40 Å². The molecule has 1 nitrogen and oxygen atoms in total. The van der Waals surface area contributed by atoms with E-state index in [2.05, 4.69) is 11.4 Å². The number of hydrogen-bond donors (Lipinski definition) is 1. The molecule has 2 aromatic heterocycles. The maximum atomic E-state index is 10.3. The largest absolute Gasteiger partial charge is 0.387 e. The lowest BCUT2D eigenvalue weighted by molar-refractivity contribution is 0.182. The van der Waals surface area contributed by atoms with Gasteiger partial charge in [-0.05, 0) is 29.1 Å². The van der Waals surface area contributed by atoms with E-state index in [1.807, 2.05) is 18.2 Å². The van der Waals surface area contributed by atoms with Crippen LogP contribution in [0.3, 0.4) is 0 Å². The minimum absolute atomic E-state index is 0.479. The number of aliphatic hydroxyl groups is 1. The van der Waals surface area contributed by atoms with Crippen LogP contribution in [-0.4, -0.2) is 5.11 Å². The molecule has 0 saturated carbocycles. The molecule has 2 heterocycles. The van der Waals surface area contributed by atoms with E-state index in [0.29, 0.717) is 16.5 Å². The molecule has 3 aromatic rings. The normalized spacial score (nSPS) is 13.0. The van der Waals surface area contributed by atoms with Crippen molar-refractivity contribution >= 4 is 55.3 Å². The molecule has 0 saturated heterocycles. The molecule has 0 bridgehead atoms. The molecular weight excluding hydrogens is 319 g/mol. The van der Waals surface area contributed by atoms with E-state index in [0.717, 1.165) is 10.4 Å². The number of fused-ring (bicyclic) bond motifs is 1. The number of benzene rings is 1. The first-order chi connectivity index (χ1) is 9.15. The molecule has 1 N–H and O–H groups in total. The number of thiophene rings is 2. The first-order valence-electron chi connectivity index (χ1n) is 5.73. The Morgan fingerprint density at radius 1 is 1.16 bits per heavy atom. The van der Waals surface area contributed by atoms with Crippen molar-refractivity contribution in [1.29, 1.82) is 0 Å². The van der Waals surface area contributed by atoms with Crippen molar-refractivity contribution in [2.24, 2.45) is 0 Å². The Morgan fingerprint density at radius 2 is 2.00 bits per heavy atom. The van der Waals surface area contributed by atoms with Crippen molar-refractivity contribution in [3.05, 3.63) is 56.2 Å². The Bertz CT molecular complexity index is 689. The Labute approximate surface area is 129 Å². The molecule has 0 aliphatic carbocycles. The van der Waals surface area contributed by atoms with Gasteiger partial charge in [0.25, 0.3) is 0 Å². The molecular formula is C14H10Cl2OS2. The zero-order valence-corrected chi connectivity index (χ0v) is 12.9. The standard InChI is InChI=1S/C14H10Cl2OS2/c15-9-3-1-2-8(14(9)16)6-10(17)12-7-13-11(19-12)4-5-18-13/h1-5,7,10,17H,6H2. The molecule has 0 amide bonds. The summed E-state index contributed by atoms with van der Waals surface area (Å²) < 4.78 is 2.44. The summed E-state index contributed by atoms with van der Waals surface area (Å²) in [5.41, 5.74) is 0.874. The number of halogens is 2. The molecule has 0 aliphatic rings. The van der Waals surface area contributed by atoms with Gasteiger partial charge in [-0.3, -0.25) is 0 Å². The molecule has 5 heteroatoms. The van der Waals surface area contributed by atoms with Crippen LogP contribution in [0.5, 0.6) is 0 Å². The van der Waals surface area contributed by atoms with Crippen LogP contribution in [0.1, 0.15) is 16.5 Å². The monoisotopic (exact) mass is 328 g/mol. The Hall–Kier alpha value is -0.580. The molecule has 98 valence electrons. The van der Waals surface area contributed by atoms with Crippen LogP contribution in [-0.2, 0) is 6.42 Å². The van der Waals surface area contributed by atoms with Crippen molar-refractivity contribution in [2.75, 3.05) is 0 Å². The lowest BCUT2D eigenvalue weighted by Gasteiger charge is -2.10. The van der Waals surface area contributed by atoms with Crippen molar-refractivity contribution in [1.82, 2.24) is 0 Å². The van der Waals surface area contributed by atoms with Gasteiger partial charge in [-0.15, -0.1) is 22.7 Å². The zero-order chi connectivity index (χ0) is 13.4. The molecule has 1 atom stereocenters. The van der Waals surface area contributed by atoms with Gasteiger partial charge in [0.15, 0.2) is 0 Å². The quantitative estimate of drug-likeness (QED) is 0.668. The van der Waals surface area contributed by atoms with Crippen LogP contribution < -0.4 is 0 Å². The molecule has 3 rings (SSSR count). The minimum Gasteiger partial charge on any atom is -0.387 e. The molecule has 0 aliphatic heterocycles. The van der Waals surface area contributed by atoms with E-state index in [9.17, 15) is 5.11 Å². The van der Waals surface area contributed by atoms with Gasteiger partial charge >= 0.3 is 0 Å². The average Bonchev–Trinajstić information content (AvgIpc) is 2.95. The molecule has 0 spiro atoms. The fourth-order valence-electron chi connectivity index (χ4n) is 1.96.